The molecule has 0 aromatic carbocycles. The molecule has 1 heterocycles. The fraction of sp³-hybridized carbons (Fsp3) is 0.909. The maximum atomic E-state index is 10.5. The molecule has 2 fully saturated rings. The van der Waals surface area contributed by atoms with Crippen molar-refractivity contribution in [2.24, 2.45) is 11.3 Å². The van der Waals surface area contributed by atoms with E-state index >= 15 is 0 Å². The summed E-state index contributed by atoms with van der Waals surface area (Å²) in [5.41, 5.74) is 0.685. The maximum Gasteiger partial charge on any atom is 0.221 e. The molecule has 0 amide bonds. The van der Waals surface area contributed by atoms with Crippen LogP contribution in [-0.2, 0) is 4.79 Å². The van der Waals surface area contributed by atoms with Gasteiger partial charge in [-0.15, -0.1) is 0 Å². The first-order chi connectivity index (χ1) is 6.60. The van der Waals surface area contributed by atoms with E-state index in [1.165, 1.54) is 32.4 Å². The third-order valence-corrected chi connectivity index (χ3v) is 3.83. The predicted octanol–water partition coefficient (Wildman–Crippen LogP) is 2.26. The largest absolute Gasteiger partial charge is 0.305 e. The van der Waals surface area contributed by atoms with Crippen molar-refractivity contribution in [3.05, 3.63) is 0 Å². The highest BCUT2D eigenvalue weighted by molar-refractivity contribution is 6.63. The van der Waals surface area contributed by atoms with Crippen LogP contribution in [0, 0.1) is 11.3 Å². The van der Waals surface area contributed by atoms with Gasteiger partial charge in [0.2, 0.25) is 5.24 Å². The van der Waals surface area contributed by atoms with E-state index in [0.29, 0.717) is 11.8 Å². The van der Waals surface area contributed by atoms with Crippen molar-refractivity contribution in [3.63, 3.8) is 0 Å². The summed E-state index contributed by atoms with van der Waals surface area (Å²) >= 11 is 5.29. The zero-order valence-corrected chi connectivity index (χ0v) is 9.52. The SMILES string of the molecule is CN1CC2(CC(CCCC(=O)Cl)C2)C1. The van der Waals surface area contributed by atoms with Gasteiger partial charge in [0.1, 0.15) is 0 Å². The molecule has 0 aromatic heterocycles. The molecule has 1 aliphatic carbocycles. The number of hydrogen-bond donors (Lipinski definition) is 0. The van der Waals surface area contributed by atoms with Crippen molar-refractivity contribution in [3.8, 4) is 0 Å². The van der Waals surface area contributed by atoms with Crippen LogP contribution >= 0.6 is 11.6 Å². The van der Waals surface area contributed by atoms with Crippen LogP contribution in [0.3, 0.4) is 0 Å². The molecular formula is C11H18ClNO. The van der Waals surface area contributed by atoms with E-state index in [0.717, 1.165) is 12.3 Å². The van der Waals surface area contributed by atoms with Crippen LogP contribution < -0.4 is 0 Å². The number of carbonyl (C=O) groups is 1. The van der Waals surface area contributed by atoms with Crippen molar-refractivity contribution in [2.45, 2.75) is 32.1 Å². The second kappa shape index (κ2) is 3.82. The van der Waals surface area contributed by atoms with Crippen LogP contribution in [0.25, 0.3) is 0 Å². The lowest BCUT2D eigenvalue weighted by Gasteiger charge is -2.58. The first kappa shape index (κ1) is 10.4. The highest BCUT2D eigenvalue weighted by Gasteiger charge is 2.50. The van der Waals surface area contributed by atoms with Gasteiger partial charge < -0.3 is 4.90 Å². The molecule has 2 aliphatic rings. The Kier molecular flexibility index (Phi) is 2.85. The third-order valence-electron chi connectivity index (χ3n) is 3.64. The average molecular weight is 216 g/mol. The minimum atomic E-state index is -0.178. The molecule has 0 radical (unpaired) electrons. The molecular weight excluding hydrogens is 198 g/mol. The lowest BCUT2D eigenvalue weighted by Crippen LogP contribution is -2.60. The van der Waals surface area contributed by atoms with E-state index in [2.05, 4.69) is 11.9 Å². The Bertz CT molecular complexity index is 227. The molecule has 1 aliphatic heterocycles. The Hall–Kier alpha value is -0.0800. The fourth-order valence-electron chi connectivity index (χ4n) is 3.26. The van der Waals surface area contributed by atoms with Gasteiger partial charge in [0.25, 0.3) is 0 Å². The molecule has 0 N–H and O–H groups in total. The molecule has 2 rings (SSSR count). The molecule has 0 unspecified atom stereocenters. The van der Waals surface area contributed by atoms with Gasteiger partial charge in [-0.25, -0.2) is 0 Å². The zero-order chi connectivity index (χ0) is 10.2. The average Bonchev–Trinajstić information content (AvgIpc) is 1.96. The number of likely N-dealkylation sites (tertiary alicyclic amines) is 1. The van der Waals surface area contributed by atoms with Gasteiger partial charge in [-0.3, -0.25) is 4.79 Å². The summed E-state index contributed by atoms with van der Waals surface area (Å²) in [5, 5.41) is -0.178. The molecule has 1 saturated heterocycles. The lowest BCUT2D eigenvalue weighted by molar-refractivity contribution is -0.112. The van der Waals surface area contributed by atoms with Crippen LogP contribution in [0.1, 0.15) is 32.1 Å². The van der Waals surface area contributed by atoms with E-state index in [1.807, 2.05) is 0 Å². The van der Waals surface area contributed by atoms with E-state index in [-0.39, 0.29) is 5.24 Å². The van der Waals surface area contributed by atoms with Gasteiger partial charge in [-0.1, -0.05) is 0 Å². The highest BCUT2D eigenvalue weighted by Crippen LogP contribution is 2.52. The highest BCUT2D eigenvalue weighted by atomic mass is 35.5. The second-order valence-corrected chi connectivity index (χ2v) is 5.62. The van der Waals surface area contributed by atoms with Crippen LogP contribution in [-0.4, -0.2) is 30.3 Å². The number of carbonyl (C=O) groups excluding carboxylic acids is 1. The Labute approximate surface area is 90.6 Å². The topological polar surface area (TPSA) is 20.3 Å². The molecule has 0 atom stereocenters. The summed E-state index contributed by atoms with van der Waals surface area (Å²) in [6.45, 7) is 2.58. The van der Waals surface area contributed by atoms with Gasteiger partial charge >= 0.3 is 0 Å². The van der Waals surface area contributed by atoms with Gasteiger partial charge in [0.05, 0.1) is 0 Å². The van der Waals surface area contributed by atoms with E-state index in [4.69, 9.17) is 11.6 Å². The number of hydrogen-bond acceptors (Lipinski definition) is 2. The van der Waals surface area contributed by atoms with Crippen molar-refractivity contribution in [1.82, 2.24) is 4.90 Å². The summed E-state index contributed by atoms with van der Waals surface area (Å²) in [4.78, 5) is 12.9. The molecule has 0 bridgehead atoms. The number of nitrogens with zero attached hydrogens (tertiary/aromatic N) is 1. The second-order valence-electron chi connectivity index (χ2n) is 5.19. The summed E-state index contributed by atoms with van der Waals surface area (Å²) in [6, 6.07) is 0. The summed E-state index contributed by atoms with van der Waals surface area (Å²) < 4.78 is 0. The van der Waals surface area contributed by atoms with Crippen LogP contribution in [0.15, 0.2) is 0 Å². The molecule has 3 heteroatoms. The van der Waals surface area contributed by atoms with E-state index < -0.39 is 0 Å². The van der Waals surface area contributed by atoms with E-state index in [9.17, 15) is 4.79 Å². The van der Waals surface area contributed by atoms with Crippen molar-refractivity contribution < 1.29 is 4.79 Å². The molecule has 14 heavy (non-hydrogen) atoms. The molecule has 2 nitrogen and oxygen atoms in total. The van der Waals surface area contributed by atoms with Gasteiger partial charge in [-0.2, -0.15) is 0 Å². The van der Waals surface area contributed by atoms with Crippen LogP contribution in [0.2, 0.25) is 0 Å². The summed E-state index contributed by atoms with van der Waals surface area (Å²) in [6.07, 6.45) is 5.51. The Morgan fingerprint density at radius 1 is 1.50 bits per heavy atom. The zero-order valence-electron chi connectivity index (χ0n) is 8.76. The number of rotatable bonds is 4. The smallest absolute Gasteiger partial charge is 0.221 e. The Morgan fingerprint density at radius 2 is 2.14 bits per heavy atom. The first-order valence-electron chi connectivity index (χ1n) is 5.47. The Balaban J connectivity index is 1.57. The molecule has 1 saturated carbocycles. The van der Waals surface area contributed by atoms with Crippen molar-refractivity contribution in [1.29, 1.82) is 0 Å². The lowest BCUT2D eigenvalue weighted by atomic mass is 9.57. The predicted molar refractivity (Wildman–Crippen MR) is 57.4 cm³/mol. The maximum absolute atomic E-state index is 10.5. The minimum Gasteiger partial charge on any atom is -0.305 e. The van der Waals surface area contributed by atoms with Crippen molar-refractivity contribution >= 4 is 16.8 Å². The summed E-state index contributed by atoms with van der Waals surface area (Å²) in [7, 11) is 2.19. The van der Waals surface area contributed by atoms with Crippen molar-refractivity contribution in [2.75, 3.05) is 20.1 Å². The molecule has 1 spiro atoms. The third kappa shape index (κ3) is 2.12. The fourth-order valence-corrected chi connectivity index (χ4v) is 3.39. The van der Waals surface area contributed by atoms with Crippen LogP contribution in [0.5, 0.6) is 0 Å². The normalized spacial score (nSPS) is 25.9. The molecule has 80 valence electrons. The quantitative estimate of drug-likeness (QED) is 0.671. The number of halogens is 1. The Morgan fingerprint density at radius 3 is 2.64 bits per heavy atom. The van der Waals surface area contributed by atoms with Gasteiger partial charge in [-0.05, 0) is 55.7 Å². The first-order valence-corrected chi connectivity index (χ1v) is 5.84. The van der Waals surface area contributed by atoms with E-state index in [1.54, 1.807) is 0 Å². The molecule has 0 aromatic rings. The monoisotopic (exact) mass is 215 g/mol. The van der Waals surface area contributed by atoms with Gasteiger partial charge in [0, 0.05) is 19.5 Å². The van der Waals surface area contributed by atoms with Gasteiger partial charge in [0.15, 0.2) is 0 Å². The van der Waals surface area contributed by atoms with Crippen LogP contribution in [0.4, 0.5) is 0 Å². The minimum absolute atomic E-state index is 0.178. The summed E-state index contributed by atoms with van der Waals surface area (Å²) in [5.74, 6) is 0.875. The standard InChI is InChI=1S/C11H18ClNO/c1-13-7-11(8-13)5-9(6-11)3-2-4-10(12)14/h9H,2-8H2,1H3.